The summed E-state index contributed by atoms with van der Waals surface area (Å²) in [6.45, 7) is 1.81. The van der Waals surface area contributed by atoms with Crippen molar-refractivity contribution < 1.29 is 42.5 Å². The van der Waals surface area contributed by atoms with E-state index in [1.54, 1.807) is 6.92 Å². The Morgan fingerprint density at radius 2 is 1.87 bits per heavy atom. The number of nitrogens with one attached hydrogen (secondary N) is 1. The molecule has 0 unspecified atom stereocenters. The molecule has 0 aliphatic heterocycles. The van der Waals surface area contributed by atoms with Crippen molar-refractivity contribution in [3.63, 3.8) is 0 Å². The Morgan fingerprint density at radius 3 is 2.33 bits per heavy atom. The summed E-state index contributed by atoms with van der Waals surface area (Å²) >= 11 is 0. The number of rotatable bonds is 4. The van der Waals surface area contributed by atoms with Crippen molar-refractivity contribution >= 4 is 10.1 Å². The molecule has 0 bridgehead atoms. The SMILES string of the molecule is C[C@@H](NCS(=O)(=O)[O-])c1ccccc1.[Na+]. The first-order valence-electron chi connectivity index (χ1n) is 4.21. The molecule has 0 spiro atoms. The van der Waals surface area contributed by atoms with Crippen LogP contribution in [0.2, 0.25) is 0 Å². The average Bonchev–Trinajstić information content (AvgIpc) is 2.14. The third-order valence-corrected chi connectivity index (χ3v) is 2.39. The van der Waals surface area contributed by atoms with Crippen LogP contribution in [0.4, 0.5) is 0 Å². The summed E-state index contributed by atoms with van der Waals surface area (Å²) in [7, 11) is -4.19. The van der Waals surface area contributed by atoms with Gasteiger partial charge < -0.3 is 4.55 Å². The predicted octanol–water partition coefficient (Wildman–Crippen LogP) is -2.16. The maximum absolute atomic E-state index is 10.3. The van der Waals surface area contributed by atoms with Crippen molar-refractivity contribution in [2.75, 3.05) is 5.88 Å². The van der Waals surface area contributed by atoms with Crippen LogP contribution in [0, 0.1) is 0 Å². The van der Waals surface area contributed by atoms with Crippen molar-refractivity contribution in [2.45, 2.75) is 13.0 Å². The van der Waals surface area contributed by atoms with Crippen LogP contribution in [0.25, 0.3) is 0 Å². The zero-order valence-electron chi connectivity index (χ0n) is 8.80. The molecule has 1 aromatic carbocycles. The minimum absolute atomic E-state index is 0. The summed E-state index contributed by atoms with van der Waals surface area (Å²) in [6.07, 6.45) is 0. The summed E-state index contributed by atoms with van der Waals surface area (Å²) in [4.78, 5) is 0. The van der Waals surface area contributed by atoms with Crippen LogP contribution in [0.1, 0.15) is 18.5 Å². The van der Waals surface area contributed by atoms with Crippen LogP contribution >= 0.6 is 0 Å². The van der Waals surface area contributed by atoms with Gasteiger partial charge in [0.2, 0.25) is 0 Å². The second-order valence-electron chi connectivity index (χ2n) is 3.04. The predicted molar refractivity (Wildman–Crippen MR) is 52.6 cm³/mol. The third-order valence-electron chi connectivity index (χ3n) is 1.87. The largest absolute Gasteiger partial charge is 1.00 e. The van der Waals surface area contributed by atoms with Gasteiger partial charge in [0.25, 0.3) is 0 Å². The van der Waals surface area contributed by atoms with Crippen LogP contribution < -0.4 is 34.9 Å². The van der Waals surface area contributed by atoms with E-state index >= 15 is 0 Å². The van der Waals surface area contributed by atoms with E-state index in [9.17, 15) is 13.0 Å². The molecule has 1 N–H and O–H groups in total. The van der Waals surface area contributed by atoms with Gasteiger partial charge in [-0.3, -0.25) is 5.32 Å². The fourth-order valence-electron chi connectivity index (χ4n) is 1.09. The van der Waals surface area contributed by atoms with Crippen LogP contribution in [0.5, 0.6) is 0 Å². The fraction of sp³-hybridized carbons (Fsp3) is 0.333. The molecule has 15 heavy (non-hydrogen) atoms. The van der Waals surface area contributed by atoms with E-state index in [-0.39, 0.29) is 35.6 Å². The van der Waals surface area contributed by atoms with Gasteiger partial charge in [-0.05, 0) is 12.5 Å². The molecular weight excluding hydrogens is 225 g/mol. The third kappa shape index (κ3) is 6.29. The van der Waals surface area contributed by atoms with Crippen LogP contribution in [0.3, 0.4) is 0 Å². The summed E-state index contributed by atoms with van der Waals surface area (Å²) < 4.78 is 31.0. The average molecular weight is 237 g/mol. The molecule has 0 amide bonds. The zero-order chi connectivity index (χ0) is 10.6. The van der Waals surface area contributed by atoms with Gasteiger partial charge in [-0.15, -0.1) is 0 Å². The number of hydrogen-bond donors (Lipinski definition) is 1. The molecule has 0 heterocycles. The maximum Gasteiger partial charge on any atom is 1.00 e. The quantitative estimate of drug-likeness (QED) is 0.478. The molecule has 0 fully saturated rings. The van der Waals surface area contributed by atoms with Crippen LogP contribution in [-0.2, 0) is 10.1 Å². The van der Waals surface area contributed by atoms with E-state index < -0.39 is 16.0 Å². The van der Waals surface area contributed by atoms with Gasteiger partial charge in [0.1, 0.15) is 10.1 Å². The van der Waals surface area contributed by atoms with E-state index in [0.29, 0.717) is 0 Å². The van der Waals surface area contributed by atoms with Gasteiger partial charge in [-0.2, -0.15) is 0 Å². The fourth-order valence-corrected chi connectivity index (χ4v) is 1.54. The van der Waals surface area contributed by atoms with Gasteiger partial charge in [-0.25, -0.2) is 8.42 Å². The summed E-state index contributed by atoms with van der Waals surface area (Å²) in [6, 6.07) is 9.20. The minimum atomic E-state index is -4.19. The number of benzene rings is 1. The second-order valence-corrected chi connectivity index (χ2v) is 4.44. The second kappa shape index (κ2) is 6.62. The Balaban J connectivity index is 0.00000196. The Labute approximate surface area is 112 Å². The molecule has 4 nitrogen and oxygen atoms in total. The number of hydrogen-bond acceptors (Lipinski definition) is 4. The molecule has 0 aromatic heterocycles. The minimum Gasteiger partial charge on any atom is -0.747 e. The topological polar surface area (TPSA) is 69.2 Å². The normalized spacial score (nSPS) is 12.9. The molecule has 0 saturated heterocycles. The van der Waals surface area contributed by atoms with E-state index in [0.717, 1.165) is 5.56 Å². The van der Waals surface area contributed by atoms with Crippen molar-refractivity contribution in [1.29, 1.82) is 0 Å². The summed E-state index contributed by atoms with van der Waals surface area (Å²) in [5, 5.41) is 2.64. The Hall–Kier alpha value is 0.0900. The molecule has 0 aliphatic carbocycles. The van der Waals surface area contributed by atoms with E-state index in [4.69, 9.17) is 0 Å². The van der Waals surface area contributed by atoms with E-state index in [1.807, 2.05) is 30.3 Å². The molecule has 6 heteroatoms. The maximum atomic E-state index is 10.3. The van der Waals surface area contributed by atoms with E-state index in [2.05, 4.69) is 5.32 Å². The van der Waals surface area contributed by atoms with Crippen LogP contribution in [0.15, 0.2) is 30.3 Å². The molecule has 0 aliphatic rings. The van der Waals surface area contributed by atoms with Crippen molar-refractivity contribution in [1.82, 2.24) is 5.32 Å². The molecule has 78 valence electrons. The molecule has 1 aromatic rings. The standard InChI is InChI=1S/C9H13NO3S.Na/c1-8(10-7-14(11,12)13)9-5-3-2-4-6-9;/h2-6,8,10H,7H2,1H3,(H,11,12,13);/q;+1/p-1/t8-;/m1./s1. The van der Waals surface area contributed by atoms with Crippen molar-refractivity contribution in [3.8, 4) is 0 Å². The zero-order valence-corrected chi connectivity index (χ0v) is 11.6. The monoisotopic (exact) mass is 237 g/mol. The Bertz CT molecular complexity index is 380. The van der Waals surface area contributed by atoms with Crippen LogP contribution in [-0.4, -0.2) is 18.8 Å². The van der Waals surface area contributed by atoms with Gasteiger partial charge in [0, 0.05) is 6.04 Å². The first-order valence-corrected chi connectivity index (χ1v) is 5.78. The molecule has 0 radical (unpaired) electrons. The molecule has 1 atom stereocenters. The van der Waals surface area contributed by atoms with Gasteiger partial charge in [0.15, 0.2) is 0 Å². The summed E-state index contributed by atoms with van der Waals surface area (Å²) in [5.74, 6) is -0.539. The van der Waals surface area contributed by atoms with Gasteiger partial charge >= 0.3 is 29.6 Å². The van der Waals surface area contributed by atoms with E-state index in [1.165, 1.54) is 0 Å². The van der Waals surface area contributed by atoms with Crippen molar-refractivity contribution in [3.05, 3.63) is 35.9 Å². The van der Waals surface area contributed by atoms with Gasteiger partial charge in [0.05, 0.1) is 5.88 Å². The smallest absolute Gasteiger partial charge is 0.747 e. The molecule has 0 saturated carbocycles. The van der Waals surface area contributed by atoms with Gasteiger partial charge in [-0.1, -0.05) is 30.3 Å². The first kappa shape index (κ1) is 15.1. The molecular formula is C9H12NNaO3S. The Morgan fingerprint density at radius 1 is 1.33 bits per heavy atom. The molecule has 1 rings (SSSR count). The Kier molecular flexibility index (Phi) is 6.66. The first-order chi connectivity index (χ1) is 6.49. The van der Waals surface area contributed by atoms with Crippen molar-refractivity contribution in [2.24, 2.45) is 0 Å². The summed E-state index contributed by atoms with van der Waals surface area (Å²) in [5.41, 5.74) is 0.955.